The fourth-order valence-corrected chi connectivity index (χ4v) is 11.6. The highest BCUT2D eigenvalue weighted by atomic mass is 16.3. The number of carbonyl (C=O) groups excluding carboxylic acids is 11. The number of likely N-dealkylation sites (tertiary alicyclic amines) is 1. The van der Waals surface area contributed by atoms with E-state index in [4.69, 9.17) is 22.7 Å². The van der Waals surface area contributed by atoms with E-state index < -0.39 is 133 Å². The highest BCUT2D eigenvalue weighted by Crippen LogP contribution is 2.28. The first kappa shape index (κ1) is 70.6. The average molecular weight is 1260 g/mol. The Kier molecular flexibility index (Phi) is 27.2. The first-order valence-corrected chi connectivity index (χ1v) is 30.7. The number of Topliss-reactive ketones (excluding diaryl/α,β-unsaturated/α-hetero) is 5. The quantitative estimate of drug-likeness (QED) is 0.00760. The molecule has 29 nitrogen and oxygen atoms in total. The van der Waals surface area contributed by atoms with Gasteiger partial charge < -0.3 is 68.9 Å². The van der Waals surface area contributed by atoms with E-state index in [2.05, 4.69) is 56.6 Å². The largest absolute Gasteiger partial charge is 0.508 e. The van der Waals surface area contributed by atoms with Crippen LogP contribution >= 0.6 is 0 Å². The van der Waals surface area contributed by atoms with Crippen LogP contribution in [0.15, 0.2) is 77.4 Å². The summed E-state index contributed by atoms with van der Waals surface area (Å²) in [4.78, 5) is 171. The summed E-state index contributed by atoms with van der Waals surface area (Å²) in [6, 6.07) is 6.43. The second kappa shape index (κ2) is 35.0. The molecule has 0 unspecified atom stereocenters. The number of aromatic amines is 2. The Hall–Kier alpha value is -9.50. The van der Waals surface area contributed by atoms with Crippen LogP contribution in [0.5, 0.6) is 5.75 Å². The highest BCUT2D eigenvalue weighted by molar-refractivity contribution is 6.00. The number of hydrogen-bond acceptors (Lipinski definition) is 16. The van der Waals surface area contributed by atoms with Crippen LogP contribution in [-0.4, -0.2) is 164 Å². The number of phenols is 1. The highest BCUT2D eigenvalue weighted by Gasteiger charge is 2.40. The Balaban J connectivity index is 1.24. The number of aromatic nitrogens is 3. The van der Waals surface area contributed by atoms with Crippen molar-refractivity contribution in [3.8, 4) is 5.75 Å². The minimum absolute atomic E-state index is 0.00959. The lowest BCUT2D eigenvalue weighted by molar-refractivity contribution is -0.142. The SMILES string of the molecule is CC(C)C[C@H](NC(=O)[C@@H](CCCN=[N+]=[N-])CC(=O)[C@H](Cc1ccc(O)cc1)NC(=O)[C@H](CO)CC(=O)[C@H](Cc1c[nH]c2ccccc12)NC(=O)[C@@H](CC(=O)[C@@H]1CCC(=O)N1)Cc1cnc[nH]1)C(=O)C[C@@H](CCCN=C(N)N)C(=O)N1CCC[C@H]1C(=O)CNC(N)=O. The molecule has 0 spiro atoms. The Morgan fingerprint density at radius 1 is 0.758 bits per heavy atom. The number of hydrogen-bond donors (Lipinski definition) is 12. The molecule has 91 heavy (non-hydrogen) atoms. The number of para-hydroxylation sites is 1. The molecule has 4 heterocycles. The lowest BCUT2D eigenvalue weighted by Crippen LogP contribution is -2.50. The maximum Gasteiger partial charge on any atom is 0.312 e. The number of nitrogens with one attached hydrogen (secondary N) is 7. The molecule has 2 aromatic carbocycles. The number of imidazole rings is 1. The summed E-state index contributed by atoms with van der Waals surface area (Å²) in [6.45, 7) is 2.57. The molecule has 0 bridgehead atoms. The molecule has 2 aromatic heterocycles. The summed E-state index contributed by atoms with van der Waals surface area (Å²) in [5.74, 6) is -11.1. The Labute approximate surface area is 525 Å². The van der Waals surface area contributed by atoms with Crippen molar-refractivity contribution in [1.82, 2.24) is 46.4 Å². The van der Waals surface area contributed by atoms with E-state index in [0.717, 1.165) is 10.9 Å². The third-order valence-corrected chi connectivity index (χ3v) is 16.4. The first-order valence-electron chi connectivity index (χ1n) is 30.7. The summed E-state index contributed by atoms with van der Waals surface area (Å²) < 4.78 is 0. The number of nitrogens with two attached hydrogens (primary N) is 3. The van der Waals surface area contributed by atoms with Crippen molar-refractivity contribution in [3.05, 3.63) is 94.5 Å². The van der Waals surface area contributed by atoms with Crippen molar-refractivity contribution in [3.63, 3.8) is 0 Å². The number of rotatable bonds is 39. The van der Waals surface area contributed by atoms with E-state index >= 15 is 0 Å². The maximum atomic E-state index is 14.9. The van der Waals surface area contributed by atoms with E-state index in [-0.39, 0.29) is 126 Å². The molecule has 6 rings (SSSR count). The fourth-order valence-electron chi connectivity index (χ4n) is 11.6. The zero-order valence-corrected chi connectivity index (χ0v) is 51.3. The number of azide groups is 1. The lowest BCUT2D eigenvalue weighted by Gasteiger charge is -2.29. The molecule has 0 aliphatic carbocycles. The smallest absolute Gasteiger partial charge is 0.312 e. The number of benzene rings is 2. The predicted octanol–water partition coefficient (Wildman–Crippen LogP) is 2.07. The number of guanidine groups is 1. The molecule has 2 fully saturated rings. The number of primary amides is 1. The van der Waals surface area contributed by atoms with Gasteiger partial charge in [0.25, 0.3) is 0 Å². The van der Waals surface area contributed by atoms with Crippen molar-refractivity contribution in [1.29, 1.82) is 0 Å². The number of H-pyrrole nitrogens is 2. The van der Waals surface area contributed by atoms with E-state index in [1.807, 2.05) is 32.0 Å². The van der Waals surface area contributed by atoms with Gasteiger partial charge in [-0.2, -0.15) is 0 Å². The Morgan fingerprint density at radius 2 is 1.40 bits per heavy atom. The molecule has 490 valence electrons. The topological polar surface area (TPSA) is 475 Å². The van der Waals surface area contributed by atoms with Gasteiger partial charge in [0.05, 0.1) is 61.5 Å². The summed E-state index contributed by atoms with van der Waals surface area (Å²) in [6.07, 6.45) is 4.14. The third kappa shape index (κ3) is 21.9. The third-order valence-electron chi connectivity index (χ3n) is 16.4. The van der Waals surface area contributed by atoms with Gasteiger partial charge >= 0.3 is 6.03 Å². The lowest BCUT2D eigenvalue weighted by atomic mass is 9.88. The molecule has 15 N–H and O–H groups in total. The predicted molar refractivity (Wildman–Crippen MR) is 333 cm³/mol. The number of phenolic OH excluding ortho intramolecular Hbond substituents is 1. The van der Waals surface area contributed by atoms with Crippen LogP contribution in [0, 0.1) is 29.6 Å². The molecule has 2 aliphatic rings. The molecule has 2 aliphatic heterocycles. The van der Waals surface area contributed by atoms with Gasteiger partial charge in [-0.25, -0.2) is 9.78 Å². The number of carbonyl (C=O) groups is 11. The van der Waals surface area contributed by atoms with Gasteiger partial charge in [0, 0.05) is 110 Å². The van der Waals surface area contributed by atoms with Crippen molar-refractivity contribution in [2.45, 2.75) is 147 Å². The zero-order valence-electron chi connectivity index (χ0n) is 51.3. The summed E-state index contributed by atoms with van der Waals surface area (Å²) in [5.41, 5.74) is 27.8. The van der Waals surface area contributed by atoms with Crippen molar-refractivity contribution < 1.29 is 63.0 Å². The summed E-state index contributed by atoms with van der Waals surface area (Å²) >= 11 is 0. The van der Waals surface area contributed by atoms with Gasteiger partial charge in [-0.1, -0.05) is 49.3 Å². The van der Waals surface area contributed by atoms with Crippen LogP contribution in [0.25, 0.3) is 21.3 Å². The molecule has 29 heteroatoms. The van der Waals surface area contributed by atoms with Crippen LogP contribution < -0.4 is 43.8 Å². The molecule has 0 saturated carbocycles. The number of aliphatic imine (C=N–C) groups is 1. The standard InChI is InChI=1S/C62H84N16O13/c1-35(2)22-47(53(83)27-38(9-5-19-68-61(63)64)60(90)78-21-7-12-50(78)55(85)32-70-62(65)91)74-57(87)37(8-6-20-72-77-66)26-52(82)48(23-36-13-15-43(80)16-14-36)75-59(89)41(33-79)29-54(84)49(25-40-30-69-45-11-4-3-10-44(40)45)76-58(88)39(24-42-31-67-34-71-42)28-51(81)46-17-18-56(86)73-46/h3-4,10-11,13-16,30-31,34-35,37-39,41,46-50,69,79-80H,5-9,12,17-29,32-33H2,1-2H3,(H,67,71)(H,73,86)(H,74,87)(H,75,89)(H,76,88)(H4,63,64,68)(H3,65,70,91)/t37-,38+,39+,41-,46-,47-,48-,49-,50-/m0/s1. The summed E-state index contributed by atoms with van der Waals surface area (Å²) in [5, 5.41) is 38.7. The van der Waals surface area contributed by atoms with Crippen molar-refractivity contribution in [2.75, 3.05) is 32.8 Å². The Morgan fingerprint density at radius 3 is 2.04 bits per heavy atom. The van der Waals surface area contributed by atoms with Gasteiger partial charge in [-0.3, -0.25) is 52.9 Å². The zero-order chi connectivity index (χ0) is 66.1. The van der Waals surface area contributed by atoms with Gasteiger partial charge in [0.15, 0.2) is 34.9 Å². The van der Waals surface area contributed by atoms with Gasteiger partial charge in [0.2, 0.25) is 29.5 Å². The van der Waals surface area contributed by atoms with E-state index in [0.29, 0.717) is 29.7 Å². The van der Waals surface area contributed by atoms with Crippen LogP contribution in [-0.2, 0) is 67.2 Å². The first-order chi connectivity index (χ1) is 43.5. The Bertz CT molecular complexity index is 3280. The molecular formula is C62H84N16O13. The minimum Gasteiger partial charge on any atom is -0.508 e. The van der Waals surface area contributed by atoms with Crippen LogP contribution in [0.4, 0.5) is 4.79 Å². The van der Waals surface area contributed by atoms with Crippen molar-refractivity contribution >= 4 is 81.3 Å². The molecular weight excluding hydrogens is 1180 g/mol. The van der Waals surface area contributed by atoms with Gasteiger partial charge in [-0.15, -0.1) is 0 Å². The van der Waals surface area contributed by atoms with E-state index in [1.54, 1.807) is 12.3 Å². The van der Waals surface area contributed by atoms with E-state index in [9.17, 15) is 63.0 Å². The fraction of sp³-hybridized carbons (Fsp3) is 0.532. The number of aromatic hydroxyl groups is 1. The van der Waals surface area contributed by atoms with Gasteiger partial charge in [-0.05, 0) is 98.6 Å². The van der Waals surface area contributed by atoms with Crippen LogP contribution in [0.1, 0.15) is 114 Å². The molecule has 9 atom stereocenters. The minimum atomic E-state index is -1.51. The average Bonchev–Trinajstić information content (AvgIpc) is 1.90. The molecule has 4 aromatic rings. The second-order valence-corrected chi connectivity index (χ2v) is 23.8. The van der Waals surface area contributed by atoms with E-state index in [1.165, 1.54) is 41.7 Å². The normalized spacial score (nSPS) is 16.8. The number of fused-ring (bicyclic) bond motifs is 1. The number of ketones is 5. The second-order valence-electron chi connectivity index (χ2n) is 23.8. The number of amides is 7. The van der Waals surface area contributed by atoms with Crippen LogP contribution in [0.2, 0.25) is 0 Å². The molecule has 7 amide bonds. The molecule has 2 saturated heterocycles. The number of nitrogens with zero attached hydrogens (tertiary/aromatic N) is 6. The summed E-state index contributed by atoms with van der Waals surface area (Å²) in [7, 11) is 0. The molecule has 0 radical (unpaired) electrons. The number of aliphatic hydroxyl groups is 1. The monoisotopic (exact) mass is 1260 g/mol. The number of urea groups is 1. The van der Waals surface area contributed by atoms with Gasteiger partial charge in [0.1, 0.15) is 5.75 Å². The number of aliphatic hydroxyl groups excluding tert-OH is 1. The maximum absolute atomic E-state index is 14.9. The van der Waals surface area contributed by atoms with Crippen LogP contribution in [0.3, 0.4) is 0 Å². The van der Waals surface area contributed by atoms with Crippen molar-refractivity contribution in [2.24, 2.45) is 56.9 Å².